The number of hydrogen-bond acceptors (Lipinski definition) is 4. The molecule has 0 N–H and O–H groups in total. The van der Waals surface area contributed by atoms with Gasteiger partial charge in [-0.3, -0.25) is 4.79 Å². The quantitative estimate of drug-likeness (QED) is 0.602. The molecule has 1 aromatic carbocycles. The van der Waals surface area contributed by atoms with Crippen LogP contribution in [0.5, 0.6) is 0 Å². The van der Waals surface area contributed by atoms with Crippen LogP contribution in [0.1, 0.15) is 34.2 Å². The van der Waals surface area contributed by atoms with Crippen LogP contribution in [0.2, 0.25) is 0 Å². The Balaban J connectivity index is 2.42. The third kappa shape index (κ3) is 3.27. The minimum absolute atomic E-state index is 0.0364. The van der Waals surface area contributed by atoms with Crippen LogP contribution in [0.4, 0.5) is 0 Å². The van der Waals surface area contributed by atoms with Crippen molar-refractivity contribution in [1.29, 1.82) is 0 Å². The van der Waals surface area contributed by atoms with Crippen LogP contribution < -0.4 is 0 Å². The van der Waals surface area contributed by atoms with Crippen LogP contribution in [0, 0.1) is 20.8 Å². The molecule has 2 rings (SSSR count). The van der Waals surface area contributed by atoms with E-state index in [0.29, 0.717) is 10.7 Å². The molecular weight excluding hydrogens is 336 g/mol. The summed E-state index contributed by atoms with van der Waals surface area (Å²) in [5.74, 6) is 0.0364. The molecule has 20 heavy (non-hydrogen) atoms. The minimum Gasteiger partial charge on any atom is -0.294 e. The van der Waals surface area contributed by atoms with Crippen molar-refractivity contribution in [3.8, 4) is 0 Å². The molecule has 0 spiro atoms. The van der Waals surface area contributed by atoms with Gasteiger partial charge >= 0.3 is 0 Å². The molecule has 0 fully saturated rings. The lowest BCUT2D eigenvalue weighted by molar-refractivity contribution is 0.101. The molecule has 1 heterocycles. The number of carbonyl (C=O) groups is 1. The summed E-state index contributed by atoms with van der Waals surface area (Å²) in [5, 5.41) is 0.676. The fourth-order valence-corrected chi connectivity index (χ4v) is 3.12. The van der Waals surface area contributed by atoms with Crippen LogP contribution in [0.3, 0.4) is 0 Å². The van der Waals surface area contributed by atoms with E-state index in [1.807, 2.05) is 39.0 Å². The van der Waals surface area contributed by atoms with Crippen molar-refractivity contribution in [1.82, 2.24) is 9.97 Å². The van der Waals surface area contributed by atoms with Crippen molar-refractivity contribution in [2.75, 3.05) is 0 Å². The summed E-state index contributed by atoms with van der Waals surface area (Å²) in [4.78, 5) is 21.6. The molecule has 5 heteroatoms. The van der Waals surface area contributed by atoms with Gasteiger partial charge in [0.15, 0.2) is 10.9 Å². The molecule has 0 aliphatic rings. The predicted molar refractivity (Wildman–Crippen MR) is 84.5 cm³/mol. The van der Waals surface area contributed by atoms with Gasteiger partial charge in [0.05, 0.1) is 0 Å². The Bertz CT molecular complexity index is 663. The van der Waals surface area contributed by atoms with E-state index in [-0.39, 0.29) is 5.78 Å². The van der Waals surface area contributed by atoms with E-state index in [0.717, 1.165) is 26.3 Å². The molecule has 0 atom stereocenters. The number of hydrogen-bond donors (Lipinski definition) is 0. The lowest BCUT2D eigenvalue weighted by atomic mass is 10.1. The van der Waals surface area contributed by atoms with Crippen LogP contribution in [-0.4, -0.2) is 15.8 Å². The van der Waals surface area contributed by atoms with E-state index in [1.165, 1.54) is 11.8 Å². The topological polar surface area (TPSA) is 42.9 Å². The van der Waals surface area contributed by atoms with Crippen molar-refractivity contribution in [2.45, 2.75) is 37.7 Å². The van der Waals surface area contributed by atoms with E-state index >= 15 is 0 Å². The van der Waals surface area contributed by atoms with Gasteiger partial charge in [-0.25, -0.2) is 9.97 Å². The number of halogens is 1. The number of nitrogens with zero attached hydrogens (tertiary/aromatic N) is 2. The number of carbonyl (C=O) groups excluding carboxylic acids is 1. The molecule has 0 aliphatic heterocycles. The van der Waals surface area contributed by atoms with Gasteiger partial charge in [0, 0.05) is 26.3 Å². The summed E-state index contributed by atoms with van der Waals surface area (Å²) < 4.78 is 0.893. The van der Waals surface area contributed by atoms with Gasteiger partial charge in [0.1, 0.15) is 0 Å². The Labute approximate surface area is 131 Å². The average Bonchev–Trinajstić information content (AvgIpc) is 2.37. The highest BCUT2D eigenvalue weighted by molar-refractivity contribution is 9.10. The Hall–Kier alpha value is -1.20. The van der Waals surface area contributed by atoms with E-state index < -0.39 is 0 Å². The second-order valence-corrected chi connectivity index (χ2v) is 6.53. The largest absolute Gasteiger partial charge is 0.294 e. The average molecular weight is 351 g/mol. The minimum atomic E-state index is 0.0364. The molecule has 0 aliphatic carbocycles. The molecule has 0 amide bonds. The Morgan fingerprint density at radius 1 is 1.15 bits per heavy atom. The number of ketones is 1. The van der Waals surface area contributed by atoms with E-state index in [1.54, 1.807) is 6.92 Å². The highest BCUT2D eigenvalue weighted by atomic mass is 79.9. The smallest absolute Gasteiger partial charge is 0.192 e. The molecule has 1 aromatic heterocycles. The Morgan fingerprint density at radius 2 is 1.75 bits per heavy atom. The van der Waals surface area contributed by atoms with E-state index in [2.05, 4.69) is 25.9 Å². The summed E-state index contributed by atoms with van der Waals surface area (Å²) >= 11 is 4.81. The van der Waals surface area contributed by atoms with Crippen LogP contribution >= 0.6 is 27.7 Å². The number of rotatable bonds is 3. The first-order chi connectivity index (χ1) is 9.38. The molecule has 0 saturated heterocycles. The molecule has 0 bridgehead atoms. The van der Waals surface area contributed by atoms with Gasteiger partial charge in [-0.2, -0.15) is 0 Å². The monoisotopic (exact) mass is 350 g/mol. The zero-order valence-corrected chi connectivity index (χ0v) is 14.2. The van der Waals surface area contributed by atoms with E-state index in [9.17, 15) is 4.79 Å². The van der Waals surface area contributed by atoms with Crippen LogP contribution in [0.25, 0.3) is 0 Å². The van der Waals surface area contributed by atoms with Gasteiger partial charge in [-0.15, -0.1) is 0 Å². The zero-order valence-electron chi connectivity index (χ0n) is 11.8. The number of Topliss-reactive ketones (excluding diaryl/α,β-unsaturated/α-hetero) is 1. The fraction of sp³-hybridized carbons (Fsp3) is 0.267. The van der Waals surface area contributed by atoms with Gasteiger partial charge in [0.25, 0.3) is 0 Å². The maximum Gasteiger partial charge on any atom is 0.192 e. The second-order valence-electron chi connectivity index (χ2n) is 4.60. The summed E-state index contributed by atoms with van der Waals surface area (Å²) in [6.45, 7) is 7.53. The zero-order chi connectivity index (χ0) is 14.9. The van der Waals surface area contributed by atoms with Gasteiger partial charge in [-0.05, 0) is 63.2 Å². The second kappa shape index (κ2) is 6.06. The van der Waals surface area contributed by atoms with Gasteiger partial charge in [-0.1, -0.05) is 15.9 Å². The summed E-state index contributed by atoms with van der Waals surface area (Å²) in [5.41, 5.74) is 3.74. The lowest BCUT2D eigenvalue weighted by Gasteiger charge is -2.09. The van der Waals surface area contributed by atoms with Crippen LogP contribution in [0.15, 0.2) is 32.7 Å². The third-order valence-electron chi connectivity index (χ3n) is 3.13. The Kier molecular flexibility index (Phi) is 4.60. The number of aryl methyl sites for hydroxylation is 2. The van der Waals surface area contributed by atoms with Gasteiger partial charge < -0.3 is 0 Å². The number of benzene rings is 1. The van der Waals surface area contributed by atoms with Crippen molar-refractivity contribution in [3.63, 3.8) is 0 Å². The highest BCUT2D eigenvalue weighted by Gasteiger charge is 2.12. The Morgan fingerprint density at radius 3 is 2.30 bits per heavy atom. The maximum absolute atomic E-state index is 11.7. The van der Waals surface area contributed by atoms with Crippen molar-refractivity contribution < 1.29 is 4.79 Å². The normalized spacial score (nSPS) is 10.7. The SMILES string of the molecule is CC(=O)c1cc(Br)ccc1Sc1nc(C)c(C)c(C)n1. The van der Waals surface area contributed by atoms with Crippen molar-refractivity contribution >= 4 is 33.5 Å². The molecule has 0 saturated carbocycles. The first-order valence-electron chi connectivity index (χ1n) is 6.18. The molecule has 2 aromatic rings. The standard InChI is InChI=1S/C15H15BrN2OS/c1-8-9(2)17-15(18-10(8)3)20-14-6-5-12(16)7-13(14)11(4)19/h5-7H,1-4H3. The van der Waals surface area contributed by atoms with Crippen LogP contribution in [-0.2, 0) is 0 Å². The molecular formula is C15H15BrN2OS. The number of aromatic nitrogens is 2. The molecule has 104 valence electrons. The van der Waals surface area contributed by atoms with Gasteiger partial charge in [0.2, 0.25) is 0 Å². The maximum atomic E-state index is 11.7. The molecule has 0 radical (unpaired) electrons. The third-order valence-corrected chi connectivity index (χ3v) is 4.57. The highest BCUT2D eigenvalue weighted by Crippen LogP contribution is 2.31. The first kappa shape index (κ1) is 15.2. The first-order valence-corrected chi connectivity index (χ1v) is 7.79. The summed E-state index contributed by atoms with van der Waals surface area (Å²) in [6.07, 6.45) is 0. The van der Waals surface area contributed by atoms with E-state index in [4.69, 9.17) is 0 Å². The summed E-state index contributed by atoms with van der Waals surface area (Å²) in [6, 6.07) is 5.67. The molecule has 3 nitrogen and oxygen atoms in total. The summed E-state index contributed by atoms with van der Waals surface area (Å²) in [7, 11) is 0. The van der Waals surface area contributed by atoms with Crippen molar-refractivity contribution in [3.05, 3.63) is 45.2 Å². The molecule has 0 unspecified atom stereocenters. The fourth-order valence-electron chi connectivity index (χ4n) is 1.75. The lowest BCUT2D eigenvalue weighted by Crippen LogP contribution is -2.00. The predicted octanol–water partition coefficient (Wildman–Crippen LogP) is 4.52. The van der Waals surface area contributed by atoms with Crippen molar-refractivity contribution in [2.24, 2.45) is 0 Å².